The predicted octanol–water partition coefficient (Wildman–Crippen LogP) is 2.72. The lowest BCUT2D eigenvalue weighted by Crippen LogP contribution is -2.23. The molecule has 0 fully saturated rings. The average molecular weight is 406 g/mol. The Bertz CT molecular complexity index is 1080. The summed E-state index contributed by atoms with van der Waals surface area (Å²) in [4.78, 5) is 12.3. The normalized spacial score (nSPS) is 11.3. The lowest BCUT2D eigenvalue weighted by atomic mass is 10.2. The number of anilines is 1. The number of nitrogens with zero attached hydrogens (tertiary/aromatic N) is 2. The van der Waals surface area contributed by atoms with Gasteiger partial charge in [-0.05, 0) is 30.7 Å². The summed E-state index contributed by atoms with van der Waals surface area (Å²) in [6.45, 7) is 1.59. The first-order chi connectivity index (χ1) is 12.9. The Hall–Kier alpha value is -2.69. The number of amides is 1. The Labute approximate surface area is 159 Å². The van der Waals surface area contributed by atoms with Gasteiger partial charge in [-0.1, -0.05) is 41.7 Å². The molecule has 1 amide bonds. The monoisotopic (exact) mass is 406 g/mol. The summed E-state index contributed by atoms with van der Waals surface area (Å²) < 4.78 is 40.8. The smallest absolute Gasteiger partial charge is 0.286 e. The van der Waals surface area contributed by atoms with Crippen molar-refractivity contribution in [3.05, 3.63) is 69.9 Å². The zero-order valence-electron chi connectivity index (χ0n) is 14.1. The molecule has 2 aromatic carbocycles. The first kappa shape index (κ1) is 19.1. The topological polar surface area (TPSA) is 101 Å². The maximum atomic E-state index is 13.6. The molecule has 27 heavy (non-hydrogen) atoms. The summed E-state index contributed by atoms with van der Waals surface area (Å²) in [5, 5.41) is 10.3. The summed E-state index contributed by atoms with van der Waals surface area (Å²) in [6.07, 6.45) is 0. The van der Waals surface area contributed by atoms with Crippen molar-refractivity contribution >= 4 is 33.0 Å². The largest absolute Gasteiger partial charge is 0.317 e. The predicted molar refractivity (Wildman–Crippen MR) is 99.5 cm³/mol. The van der Waals surface area contributed by atoms with Crippen molar-refractivity contribution in [3.8, 4) is 0 Å². The number of rotatable bonds is 6. The third kappa shape index (κ3) is 4.54. The summed E-state index contributed by atoms with van der Waals surface area (Å²) in [5.41, 5.74) is 0.645. The van der Waals surface area contributed by atoms with Crippen molar-refractivity contribution in [2.45, 2.75) is 18.4 Å². The van der Waals surface area contributed by atoms with Crippen molar-refractivity contribution in [2.75, 3.05) is 5.32 Å². The van der Waals surface area contributed by atoms with Crippen LogP contribution < -0.4 is 10.0 Å². The number of para-hydroxylation sites is 1. The van der Waals surface area contributed by atoms with E-state index in [4.69, 9.17) is 0 Å². The van der Waals surface area contributed by atoms with Crippen molar-refractivity contribution in [3.63, 3.8) is 0 Å². The maximum absolute atomic E-state index is 13.6. The fourth-order valence-corrected chi connectivity index (χ4v) is 4.25. The number of sulfonamides is 1. The number of nitrogens with one attached hydrogen (secondary N) is 2. The quantitative estimate of drug-likeness (QED) is 0.655. The van der Waals surface area contributed by atoms with E-state index in [0.717, 1.165) is 11.3 Å². The van der Waals surface area contributed by atoms with Crippen LogP contribution in [0.4, 0.5) is 10.1 Å². The van der Waals surface area contributed by atoms with Crippen LogP contribution in [0.2, 0.25) is 0 Å². The van der Waals surface area contributed by atoms with Crippen LogP contribution in [0.3, 0.4) is 0 Å². The number of hydrogen-bond donors (Lipinski definition) is 2. The van der Waals surface area contributed by atoms with Crippen LogP contribution in [0.5, 0.6) is 0 Å². The van der Waals surface area contributed by atoms with Gasteiger partial charge in [0.1, 0.15) is 10.8 Å². The van der Waals surface area contributed by atoms with Gasteiger partial charge in [-0.2, -0.15) is 0 Å². The highest BCUT2D eigenvalue weighted by molar-refractivity contribution is 7.89. The third-order valence-corrected chi connectivity index (χ3v) is 6.06. The molecular weight excluding hydrogens is 391 g/mol. The molecule has 0 aliphatic heterocycles. The van der Waals surface area contributed by atoms with Gasteiger partial charge in [-0.3, -0.25) is 4.79 Å². The van der Waals surface area contributed by atoms with Crippen LogP contribution in [-0.4, -0.2) is 24.5 Å². The molecule has 3 rings (SSSR count). The molecule has 1 heterocycles. The number of halogens is 1. The first-order valence-electron chi connectivity index (χ1n) is 7.80. The highest BCUT2D eigenvalue weighted by atomic mass is 32.2. The molecule has 0 aliphatic rings. The minimum absolute atomic E-state index is 0.00310. The van der Waals surface area contributed by atoms with E-state index in [1.807, 2.05) is 0 Å². The highest BCUT2D eigenvalue weighted by Crippen LogP contribution is 2.18. The van der Waals surface area contributed by atoms with E-state index in [1.54, 1.807) is 31.2 Å². The van der Waals surface area contributed by atoms with Gasteiger partial charge < -0.3 is 5.32 Å². The molecule has 0 saturated carbocycles. The van der Waals surface area contributed by atoms with Crippen molar-refractivity contribution in [1.29, 1.82) is 0 Å². The number of hydrogen-bond acceptors (Lipinski definition) is 6. The summed E-state index contributed by atoms with van der Waals surface area (Å²) in [6, 6.07) is 12.3. The zero-order valence-corrected chi connectivity index (χ0v) is 15.8. The Morgan fingerprint density at radius 2 is 1.81 bits per heavy atom. The van der Waals surface area contributed by atoms with Gasteiger partial charge in [0, 0.05) is 0 Å². The first-order valence-corrected chi connectivity index (χ1v) is 10.1. The van der Waals surface area contributed by atoms with Crippen LogP contribution in [0, 0.1) is 12.7 Å². The van der Waals surface area contributed by atoms with E-state index in [2.05, 4.69) is 20.2 Å². The van der Waals surface area contributed by atoms with E-state index in [9.17, 15) is 17.6 Å². The Morgan fingerprint density at radius 3 is 2.56 bits per heavy atom. The Balaban J connectivity index is 1.67. The fraction of sp³-hybridized carbons (Fsp3) is 0.118. The SMILES string of the molecule is Cc1ccccc1S(=O)(=O)NCc1nnc(C(=O)Nc2ccccc2F)s1. The molecule has 0 unspecified atom stereocenters. The molecule has 0 radical (unpaired) electrons. The lowest BCUT2D eigenvalue weighted by molar-refractivity contribution is 0.102. The molecule has 3 aromatic rings. The maximum Gasteiger partial charge on any atom is 0.286 e. The molecule has 140 valence electrons. The molecule has 0 spiro atoms. The number of aryl methyl sites for hydroxylation is 1. The molecular formula is C17H15FN4O3S2. The summed E-state index contributed by atoms with van der Waals surface area (Å²) in [7, 11) is -3.72. The summed E-state index contributed by atoms with van der Waals surface area (Å²) in [5.74, 6) is -1.19. The van der Waals surface area contributed by atoms with Gasteiger partial charge in [0.05, 0.1) is 17.1 Å². The number of aromatic nitrogens is 2. The van der Waals surface area contributed by atoms with Crippen LogP contribution in [0.1, 0.15) is 20.4 Å². The molecule has 0 saturated heterocycles. The van der Waals surface area contributed by atoms with Gasteiger partial charge >= 0.3 is 0 Å². The fourth-order valence-electron chi connectivity index (χ4n) is 2.25. The Morgan fingerprint density at radius 1 is 1.11 bits per heavy atom. The number of benzene rings is 2. The van der Waals surface area contributed by atoms with E-state index < -0.39 is 21.7 Å². The molecule has 10 heteroatoms. The van der Waals surface area contributed by atoms with E-state index in [0.29, 0.717) is 10.6 Å². The second-order valence-corrected chi connectivity index (χ2v) is 8.32. The molecule has 0 bridgehead atoms. The Kier molecular flexibility index (Phi) is 5.59. The average Bonchev–Trinajstić information content (AvgIpc) is 3.11. The van der Waals surface area contributed by atoms with Crippen molar-refractivity contribution < 1.29 is 17.6 Å². The van der Waals surface area contributed by atoms with Crippen LogP contribution in [0.15, 0.2) is 53.4 Å². The standard InChI is InChI=1S/C17H15FN4O3S2/c1-11-6-2-5-9-14(11)27(24,25)19-10-15-21-22-17(26-15)16(23)20-13-8-4-3-7-12(13)18/h2-9,19H,10H2,1H3,(H,20,23). The van der Waals surface area contributed by atoms with Crippen LogP contribution >= 0.6 is 11.3 Å². The number of carbonyl (C=O) groups excluding carboxylic acids is 1. The minimum Gasteiger partial charge on any atom is -0.317 e. The van der Waals surface area contributed by atoms with Gasteiger partial charge in [-0.15, -0.1) is 10.2 Å². The van der Waals surface area contributed by atoms with E-state index in [-0.39, 0.29) is 22.1 Å². The third-order valence-electron chi connectivity index (χ3n) is 3.58. The van der Waals surface area contributed by atoms with Crippen LogP contribution in [-0.2, 0) is 16.6 Å². The molecule has 1 aromatic heterocycles. The van der Waals surface area contributed by atoms with Gasteiger partial charge in [0.15, 0.2) is 0 Å². The second kappa shape index (κ2) is 7.91. The van der Waals surface area contributed by atoms with Crippen molar-refractivity contribution in [1.82, 2.24) is 14.9 Å². The minimum atomic E-state index is -3.72. The molecule has 2 N–H and O–H groups in total. The van der Waals surface area contributed by atoms with E-state index >= 15 is 0 Å². The van der Waals surface area contributed by atoms with Gasteiger partial charge in [-0.25, -0.2) is 17.5 Å². The highest BCUT2D eigenvalue weighted by Gasteiger charge is 2.19. The summed E-state index contributed by atoms with van der Waals surface area (Å²) >= 11 is 0.923. The molecule has 0 atom stereocenters. The van der Waals surface area contributed by atoms with Crippen molar-refractivity contribution in [2.24, 2.45) is 0 Å². The van der Waals surface area contributed by atoms with E-state index in [1.165, 1.54) is 24.3 Å². The molecule has 7 nitrogen and oxygen atoms in total. The second-order valence-electron chi connectivity index (χ2n) is 5.52. The zero-order chi connectivity index (χ0) is 19.4. The van der Waals surface area contributed by atoms with Crippen LogP contribution in [0.25, 0.3) is 0 Å². The lowest BCUT2D eigenvalue weighted by Gasteiger charge is -2.07. The van der Waals surface area contributed by atoms with Gasteiger partial charge in [0.2, 0.25) is 15.0 Å². The number of carbonyl (C=O) groups is 1. The van der Waals surface area contributed by atoms with Gasteiger partial charge in [0.25, 0.3) is 5.91 Å². The molecule has 0 aliphatic carbocycles.